The number of halogens is 1. The highest BCUT2D eigenvalue weighted by atomic mass is 127. The molecular weight excluding hydrogens is 467 g/mol. The average molecular weight is 500 g/mol. The molecule has 2 N–H and O–H groups in total. The van der Waals surface area contributed by atoms with Crippen LogP contribution >= 0.6 is 24.0 Å². The first-order valence-corrected chi connectivity index (χ1v) is 9.66. The third kappa shape index (κ3) is 8.04. The lowest BCUT2D eigenvalue weighted by Gasteiger charge is -2.15. The molecule has 0 atom stereocenters. The molecule has 156 valence electrons. The molecule has 8 heteroatoms. The molecule has 0 fully saturated rings. The molecule has 1 aromatic heterocycles. The van der Waals surface area contributed by atoms with E-state index >= 15 is 0 Å². The van der Waals surface area contributed by atoms with Crippen LogP contribution in [0.5, 0.6) is 5.75 Å². The monoisotopic (exact) mass is 500 g/mol. The van der Waals surface area contributed by atoms with Crippen molar-refractivity contribution >= 4 is 29.9 Å². The highest BCUT2D eigenvalue weighted by Gasteiger charge is 2.06. The summed E-state index contributed by atoms with van der Waals surface area (Å²) in [5.41, 5.74) is 1.12. The van der Waals surface area contributed by atoms with Crippen LogP contribution in [0.15, 0.2) is 35.6 Å². The molecule has 0 unspecified atom stereocenters. The highest BCUT2D eigenvalue weighted by Crippen LogP contribution is 2.18. The molecule has 0 amide bonds. The molecular formula is C20H33IN6O. The molecule has 0 spiro atoms. The van der Waals surface area contributed by atoms with Crippen molar-refractivity contribution in [3.63, 3.8) is 0 Å². The first-order chi connectivity index (χ1) is 13.1. The van der Waals surface area contributed by atoms with Crippen LogP contribution in [0.1, 0.15) is 38.6 Å². The first-order valence-electron chi connectivity index (χ1n) is 9.66. The smallest absolute Gasteiger partial charge is 0.191 e. The fraction of sp³-hybridized carbons (Fsp3) is 0.550. The zero-order valence-electron chi connectivity index (χ0n) is 17.3. The van der Waals surface area contributed by atoms with E-state index in [0.717, 1.165) is 55.6 Å². The summed E-state index contributed by atoms with van der Waals surface area (Å²) in [5, 5.41) is 14.7. The molecule has 1 heterocycles. The van der Waals surface area contributed by atoms with Crippen molar-refractivity contribution in [3.8, 4) is 5.75 Å². The van der Waals surface area contributed by atoms with Gasteiger partial charge in [0, 0.05) is 38.7 Å². The highest BCUT2D eigenvalue weighted by molar-refractivity contribution is 14.0. The minimum atomic E-state index is 0. The largest absolute Gasteiger partial charge is 0.493 e. The van der Waals surface area contributed by atoms with Crippen molar-refractivity contribution in [1.29, 1.82) is 0 Å². The van der Waals surface area contributed by atoms with Gasteiger partial charge in [0.25, 0.3) is 0 Å². The molecule has 0 saturated carbocycles. The van der Waals surface area contributed by atoms with Crippen molar-refractivity contribution in [2.24, 2.45) is 10.9 Å². The Bertz CT molecular complexity index is 716. The number of hydrogen-bond acceptors (Lipinski definition) is 4. The number of para-hydroxylation sites is 1. The minimum Gasteiger partial charge on any atom is -0.493 e. The van der Waals surface area contributed by atoms with E-state index in [1.54, 1.807) is 13.4 Å². The third-order valence-electron chi connectivity index (χ3n) is 4.25. The molecule has 0 aliphatic heterocycles. The van der Waals surface area contributed by atoms with Crippen molar-refractivity contribution in [2.45, 2.75) is 46.7 Å². The van der Waals surface area contributed by atoms with E-state index in [9.17, 15) is 0 Å². The SMILES string of the molecule is CCc1nncn1CCNC(=NC)NCc1ccccc1OCCC(C)C.I. The Balaban J connectivity index is 0.00000392. The van der Waals surface area contributed by atoms with Crippen molar-refractivity contribution in [2.75, 3.05) is 20.2 Å². The van der Waals surface area contributed by atoms with Gasteiger partial charge in [0.1, 0.15) is 17.9 Å². The number of guanidine groups is 1. The fourth-order valence-electron chi connectivity index (χ4n) is 2.63. The zero-order valence-corrected chi connectivity index (χ0v) is 19.6. The molecule has 0 saturated heterocycles. The Morgan fingerprint density at radius 3 is 2.75 bits per heavy atom. The molecule has 7 nitrogen and oxygen atoms in total. The maximum absolute atomic E-state index is 5.95. The summed E-state index contributed by atoms with van der Waals surface area (Å²) in [6, 6.07) is 8.13. The lowest BCUT2D eigenvalue weighted by atomic mass is 10.1. The number of nitrogens with one attached hydrogen (secondary N) is 2. The summed E-state index contributed by atoms with van der Waals surface area (Å²) >= 11 is 0. The topological polar surface area (TPSA) is 76.4 Å². The number of aromatic nitrogens is 3. The maximum atomic E-state index is 5.95. The molecule has 2 rings (SSSR count). The van der Waals surface area contributed by atoms with Gasteiger partial charge in [-0.1, -0.05) is 39.0 Å². The van der Waals surface area contributed by atoms with Crippen molar-refractivity contribution < 1.29 is 4.74 Å². The summed E-state index contributed by atoms with van der Waals surface area (Å²) in [5.74, 6) is 3.32. The van der Waals surface area contributed by atoms with Crippen LogP contribution in [0.25, 0.3) is 0 Å². The molecule has 1 aromatic carbocycles. The number of benzene rings is 1. The number of aliphatic imine (C=N–C) groups is 1. The normalized spacial score (nSPS) is 11.2. The Morgan fingerprint density at radius 1 is 1.25 bits per heavy atom. The Hall–Kier alpha value is -1.84. The van der Waals surface area contributed by atoms with Crippen LogP contribution in [0.3, 0.4) is 0 Å². The van der Waals surface area contributed by atoms with E-state index in [1.165, 1.54) is 0 Å². The quantitative estimate of drug-likeness (QED) is 0.298. The lowest BCUT2D eigenvalue weighted by Crippen LogP contribution is -2.38. The number of hydrogen-bond donors (Lipinski definition) is 2. The van der Waals surface area contributed by atoms with Crippen LogP contribution in [0.4, 0.5) is 0 Å². The average Bonchev–Trinajstić information content (AvgIpc) is 3.12. The number of nitrogens with zero attached hydrogens (tertiary/aromatic N) is 4. The fourth-order valence-corrected chi connectivity index (χ4v) is 2.63. The van der Waals surface area contributed by atoms with Gasteiger partial charge in [-0.05, 0) is 18.4 Å². The summed E-state index contributed by atoms with van der Waals surface area (Å²) in [7, 11) is 1.77. The molecule has 0 bridgehead atoms. The van der Waals surface area contributed by atoms with Crippen LogP contribution in [0.2, 0.25) is 0 Å². The van der Waals surface area contributed by atoms with Gasteiger partial charge in [-0.2, -0.15) is 0 Å². The van der Waals surface area contributed by atoms with Crippen LogP contribution in [-0.2, 0) is 19.5 Å². The Kier molecular flexibility index (Phi) is 11.5. The van der Waals surface area contributed by atoms with E-state index in [1.807, 2.05) is 18.2 Å². The number of rotatable bonds is 10. The van der Waals surface area contributed by atoms with E-state index in [2.05, 4.69) is 57.2 Å². The third-order valence-corrected chi connectivity index (χ3v) is 4.25. The molecule has 0 radical (unpaired) electrons. The Morgan fingerprint density at radius 2 is 2.04 bits per heavy atom. The van der Waals surface area contributed by atoms with Crippen LogP contribution < -0.4 is 15.4 Å². The van der Waals surface area contributed by atoms with Gasteiger partial charge in [0.15, 0.2) is 5.96 Å². The molecule has 2 aromatic rings. The van der Waals surface area contributed by atoms with Crippen molar-refractivity contribution in [3.05, 3.63) is 42.0 Å². The minimum absolute atomic E-state index is 0. The van der Waals surface area contributed by atoms with Gasteiger partial charge in [-0.3, -0.25) is 4.99 Å². The van der Waals surface area contributed by atoms with Gasteiger partial charge < -0.3 is 19.9 Å². The van der Waals surface area contributed by atoms with E-state index < -0.39 is 0 Å². The second-order valence-electron chi connectivity index (χ2n) is 6.79. The van der Waals surface area contributed by atoms with Gasteiger partial charge >= 0.3 is 0 Å². The summed E-state index contributed by atoms with van der Waals surface area (Å²) < 4.78 is 8.01. The Labute approximate surface area is 185 Å². The van der Waals surface area contributed by atoms with Gasteiger partial charge in [-0.15, -0.1) is 34.2 Å². The van der Waals surface area contributed by atoms with Crippen LogP contribution in [-0.4, -0.2) is 40.9 Å². The molecule has 0 aliphatic rings. The van der Waals surface area contributed by atoms with E-state index in [-0.39, 0.29) is 24.0 Å². The molecule has 0 aliphatic carbocycles. The van der Waals surface area contributed by atoms with Crippen LogP contribution in [0, 0.1) is 5.92 Å². The van der Waals surface area contributed by atoms with E-state index in [4.69, 9.17) is 4.74 Å². The maximum Gasteiger partial charge on any atom is 0.191 e. The first kappa shape index (κ1) is 24.2. The van der Waals surface area contributed by atoms with Gasteiger partial charge in [0.05, 0.1) is 6.61 Å². The van der Waals surface area contributed by atoms with Gasteiger partial charge in [0.2, 0.25) is 0 Å². The molecule has 28 heavy (non-hydrogen) atoms. The van der Waals surface area contributed by atoms with Crippen molar-refractivity contribution in [1.82, 2.24) is 25.4 Å². The second kappa shape index (κ2) is 13.4. The number of ether oxygens (including phenoxy) is 1. The second-order valence-corrected chi connectivity index (χ2v) is 6.79. The standard InChI is InChI=1S/C20H32N6O.HI/c1-5-19-25-24-15-26(19)12-11-22-20(21-4)23-14-17-8-6-7-9-18(17)27-13-10-16(2)3;/h6-9,15-16H,5,10-14H2,1-4H3,(H2,21,22,23);1H. The summed E-state index contributed by atoms with van der Waals surface area (Å²) in [4.78, 5) is 4.29. The lowest BCUT2D eigenvalue weighted by molar-refractivity contribution is 0.286. The predicted molar refractivity (Wildman–Crippen MR) is 124 cm³/mol. The summed E-state index contributed by atoms with van der Waals surface area (Å²) in [6.07, 6.45) is 3.69. The summed E-state index contributed by atoms with van der Waals surface area (Å²) in [6.45, 7) is 9.43. The van der Waals surface area contributed by atoms with Gasteiger partial charge in [-0.25, -0.2) is 0 Å². The number of aryl methyl sites for hydroxylation is 1. The predicted octanol–water partition coefficient (Wildman–Crippen LogP) is 3.25. The zero-order chi connectivity index (χ0) is 19.5. The van der Waals surface area contributed by atoms with E-state index in [0.29, 0.717) is 12.5 Å².